The number of ether oxygens (including phenoxy) is 4. The number of alkyl halides is 1. The van der Waals surface area contributed by atoms with Crippen LogP contribution in [0.1, 0.15) is 24.8 Å². The zero-order valence-electron chi connectivity index (χ0n) is 12.0. The fourth-order valence-electron chi connectivity index (χ4n) is 2.32. The van der Waals surface area contributed by atoms with Gasteiger partial charge in [0.25, 0.3) is 0 Å². The minimum Gasteiger partial charge on any atom is -0.493 e. The van der Waals surface area contributed by atoms with Crippen molar-refractivity contribution in [1.82, 2.24) is 0 Å². The maximum atomic E-state index is 5.87. The molecule has 1 aliphatic heterocycles. The molecule has 2 rings (SSSR count). The Labute approximate surface area is 128 Å². The normalized spacial score (nSPS) is 18.1. The van der Waals surface area contributed by atoms with Crippen LogP contribution in [0.4, 0.5) is 0 Å². The van der Waals surface area contributed by atoms with Crippen LogP contribution in [0.2, 0.25) is 0 Å². The molecule has 1 atom stereocenters. The molecule has 1 unspecified atom stereocenters. The first kappa shape index (κ1) is 15.4. The Morgan fingerprint density at radius 2 is 1.95 bits per heavy atom. The van der Waals surface area contributed by atoms with Crippen LogP contribution in [0.5, 0.6) is 17.2 Å². The Morgan fingerprint density at radius 1 is 1.25 bits per heavy atom. The summed E-state index contributed by atoms with van der Waals surface area (Å²) in [5, 5.41) is 0.746. The predicted octanol–water partition coefficient (Wildman–Crippen LogP) is 3.55. The summed E-state index contributed by atoms with van der Waals surface area (Å²) in [6, 6.07) is 3.91. The topological polar surface area (TPSA) is 36.9 Å². The SMILES string of the molecule is COc1cc(CBr)cc(OC)c1OCCC1CCCO1. The molecule has 1 aliphatic rings. The van der Waals surface area contributed by atoms with E-state index in [1.54, 1.807) is 14.2 Å². The number of hydrogen-bond donors (Lipinski definition) is 0. The Balaban J connectivity index is 2.04. The van der Waals surface area contributed by atoms with Gasteiger partial charge in [-0.15, -0.1) is 0 Å². The number of benzene rings is 1. The summed E-state index contributed by atoms with van der Waals surface area (Å²) < 4.78 is 22.2. The molecule has 0 saturated carbocycles. The lowest BCUT2D eigenvalue weighted by atomic mass is 10.2. The van der Waals surface area contributed by atoms with Crippen molar-refractivity contribution in [2.75, 3.05) is 27.4 Å². The molecule has 1 heterocycles. The largest absolute Gasteiger partial charge is 0.493 e. The van der Waals surface area contributed by atoms with Crippen molar-refractivity contribution < 1.29 is 18.9 Å². The van der Waals surface area contributed by atoms with Gasteiger partial charge in [0.05, 0.1) is 26.9 Å². The Bertz CT molecular complexity index is 405. The minimum atomic E-state index is 0.328. The van der Waals surface area contributed by atoms with E-state index in [-0.39, 0.29) is 0 Å². The molecule has 0 aliphatic carbocycles. The quantitative estimate of drug-likeness (QED) is 0.709. The van der Waals surface area contributed by atoms with Crippen molar-refractivity contribution >= 4 is 15.9 Å². The van der Waals surface area contributed by atoms with E-state index >= 15 is 0 Å². The molecule has 112 valence electrons. The van der Waals surface area contributed by atoms with Crippen LogP contribution >= 0.6 is 15.9 Å². The minimum absolute atomic E-state index is 0.328. The second kappa shape index (κ2) is 7.74. The fourth-order valence-corrected chi connectivity index (χ4v) is 2.64. The second-order valence-corrected chi connectivity index (χ2v) is 5.30. The van der Waals surface area contributed by atoms with Crippen LogP contribution in [-0.2, 0) is 10.1 Å². The molecule has 1 aromatic rings. The summed E-state index contributed by atoms with van der Waals surface area (Å²) in [7, 11) is 3.28. The van der Waals surface area contributed by atoms with Crippen LogP contribution in [0, 0.1) is 0 Å². The van der Waals surface area contributed by atoms with Gasteiger partial charge in [-0.1, -0.05) is 15.9 Å². The molecule has 0 aromatic heterocycles. The molecule has 0 spiro atoms. The number of methoxy groups -OCH3 is 2. The van der Waals surface area contributed by atoms with E-state index < -0.39 is 0 Å². The average molecular weight is 345 g/mol. The molecular formula is C15H21BrO4. The molecular weight excluding hydrogens is 324 g/mol. The van der Waals surface area contributed by atoms with Crippen LogP contribution in [0.3, 0.4) is 0 Å². The van der Waals surface area contributed by atoms with Crippen LogP contribution in [0.25, 0.3) is 0 Å². The third kappa shape index (κ3) is 3.79. The molecule has 1 fully saturated rings. The average Bonchev–Trinajstić information content (AvgIpc) is 3.00. The maximum absolute atomic E-state index is 5.87. The molecule has 20 heavy (non-hydrogen) atoms. The van der Waals surface area contributed by atoms with E-state index in [4.69, 9.17) is 18.9 Å². The van der Waals surface area contributed by atoms with E-state index in [9.17, 15) is 0 Å². The first-order valence-corrected chi connectivity index (χ1v) is 7.96. The molecule has 0 N–H and O–H groups in total. The van der Waals surface area contributed by atoms with Crippen LogP contribution in [0.15, 0.2) is 12.1 Å². The van der Waals surface area contributed by atoms with E-state index in [0.717, 1.165) is 36.8 Å². The first-order valence-electron chi connectivity index (χ1n) is 6.83. The van der Waals surface area contributed by atoms with Crippen molar-refractivity contribution in [3.05, 3.63) is 17.7 Å². The molecule has 0 radical (unpaired) electrons. The summed E-state index contributed by atoms with van der Waals surface area (Å²) in [6.45, 7) is 1.47. The second-order valence-electron chi connectivity index (χ2n) is 4.74. The predicted molar refractivity (Wildman–Crippen MR) is 81.3 cm³/mol. The zero-order valence-corrected chi connectivity index (χ0v) is 13.6. The maximum Gasteiger partial charge on any atom is 0.203 e. The van der Waals surface area contributed by atoms with Crippen LogP contribution < -0.4 is 14.2 Å². The van der Waals surface area contributed by atoms with Gasteiger partial charge in [0.15, 0.2) is 11.5 Å². The third-order valence-corrected chi connectivity index (χ3v) is 4.03. The molecule has 0 amide bonds. The summed E-state index contributed by atoms with van der Waals surface area (Å²) in [4.78, 5) is 0. The van der Waals surface area contributed by atoms with Gasteiger partial charge in [-0.25, -0.2) is 0 Å². The van der Waals surface area contributed by atoms with Crippen molar-refractivity contribution in [3.8, 4) is 17.2 Å². The van der Waals surface area contributed by atoms with Gasteiger partial charge in [0.2, 0.25) is 5.75 Å². The summed E-state index contributed by atoms with van der Waals surface area (Å²) in [5.74, 6) is 2.06. The third-order valence-electron chi connectivity index (χ3n) is 3.38. The lowest BCUT2D eigenvalue weighted by Gasteiger charge is -2.16. The van der Waals surface area contributed by atoms with E-state index in [1.165, 1.54) is 0 Å². The smallest absolute Gasteiger partial charge is 0.203 e. The van der Waals surface area contributed by atoms with Gasteiger partial charge in [0.1, 0.15) is 0 Å². The number of halogens is 1. The summed E-state index contributed by atoms with van der Waals surface area (Å²) in [5.41, 5.74) is 1.09. The van der Waals surface area contributed by atoms with Crippen molar-refractivity contribution in [2.24, 2.45) is 0 Å². The van der Waals surface area contributed by atoms with Gasteiger partial charge < -0.3 is 18.9 Å². The number of rotatable bonds is 7. The van der Waals surface area contributed by atoms with Gasteiger partial charge in [-0.05, 0) is 30.5 Å². The molecule has 5 heteroatoms. The van der Waals surface area contributed by atoms with Gasteiger partial charge >= 0.3 is 0 Å². The zero-order chi connectivity index (χ0) is 14.4. The Kier molecular flexibility index (Phi) is 5.98. The van der Waals surface area contributed by atoms with E-state index in [2.05, 4.69) is 15.9 Å². The number of hydrogen-bond acceptors (Lipinski definition) is 4. The van der Waals surface area contributed by atoms with Crippen molar-refractivity contribution in [3.63, 3.8) is 0 Å². The summed E-state index contributed by atoms with van der Waals surface area (Å²) >= 11 is 3.44. The first-order chi connectivity index (χ1) is 9.78. The molecule has 1 saturated heterocycles. The van der Waals surface area contributed by atoms with Crippen LogP contribution in [-0.4, -0.2) is 33.5 Å². The van der Waals surface area contributed by atoms with E-state index in [1.807, 2.05) is 12.1 Å². The highest BCUT2D eigenvalue weighted by Crippen LogP contribution is 2.39. The lowest BCUT2D eigenvalue weighted by molar-refractivity contribution is 0.0893. The van der Waals surface area contributed by atoms with Gasteiger partial charge in [0, 0.05) is 18.4 Å². The van der Waals surface area contributed by atoms with E-state index in [0.29, 0.717) is 30.0 Å². The molecule has 1 aromatic carbocycles. The Hall–Kier alpha value is -0.940. The van der Waals surface area contributed by atoms with Crippen molar-refractivity contribution in [1.29, 1.82) is 0 Å². The lowest BCUT2D eigenvalue weighted by Crippen LogP contribution is -2.11. The van der Waals surface area contributed by atoms with Gasteiger partial charge in [-0.3, -0.25) is 0 Å². The monoisotopic (exact) mass is 344 g/mol. The highest BCUT2D eigenvalue weighted by Gasteiger charge is 2.17. The van der Waals surface area contributed by atoms with Gasteiger partial charge in [-0.2, -0.15) is 0 Å². The molecule has 0 bridgehead atoms. The standard InChI is InChI=1S/C15H21BrO4/c1-17-13-8-11(10-16)9-14(18-2)15(13)20-7-5-12-4-3-6-19-12/h8-9,12H,3-7,10H2,1-2H3. The highest BCUT2D eigenvalue weighted by molar-refractivity contribution is 9.08. The summed E-state index contributed by atoms with van der Waals surface area (Å²) in [6.07, 6.45) is 3.50. The Morgan fingerprint density at radius 3 is 2.45 bits per heavy atom. The highest BCUT2D eigenvalue weighted by atomic mass is 79.9. The molecule has 4 nitrogen and oxygen atoms in total. The van der Waals surface area contributed by atoms with Crippen molar-refractivity contribution in [2.45, 2.75) is 30.7 Å². The fraction of sp³-hybridized carbons (Fsp3) is 0.600.